The predicted octanol–water partition coefficient (Wildman–Crippen LogP) is 3.10. The molecule has 0 radical (unpaired) electrons. The molecule has 80 valence electrons. The molecule has 0 spiro atoms. The van der Waals surface area contributed by atoms with Gasteiger partial charge in [-0.25, -0.2) is 0 Å². The summed E-state index contributed by atoms with van der Waals surface area (Å²) in [6.07, 6.45) is 10.0. The van der Waals surface area contributed by atoms with Gasteiger partial charge in [-0.15, -0.1) is 0 Å². The Morgan fingerprint density at radius 1 is 1.33 bits per heavy atom. The van der Waals surface area contributed by atoms with Crippen molar-refractivity contribution in [2.75, 3.05) is 0 Å². The first-order valence-electron chi connectivity index (χ1n) is 5.56. The molecule has 0 N–H and O–H groups in total. The van der Waals surface area contributed by atoms with Crippen molar-refractivity contribution in [2.24, 2.45) is 0 Å². The zero-order valence-corrected chi connectivity index (χ0v) is 9.42. The highest BCUT2D eigenvalue weighted by atomic mass is 16.1. The van der Waals surface area contributed by atoms with E-state index in [0.717, 1.165) is 18.5 Å². The van der Waals surface area contributed by atoms with Crippen LogP contribution in [-0.2, 0) is 4.79 Å². The van der Waals surface area contributed by atoms with E-state index >= 15 is 0 Å². The summed E-state index contributed by atoms with van der Waals surface area (Å²) in [4.78, 5) is 10.8. The number of aryl methyl sites for hydroxylation is 1. The number of hydrogen-bond donors (Lipinski definition) is 0. The molecular weight excluding hydrogens is 186 g/mol. The highest BCUT2D eigenvalue weighted by Crippen LogP contribution is 2.31. The third kappa shape index (κ3) is 1.76. The Morgan fingerprint density at radius 3 is 2.67 bits per heavy atom. The Kier molecular flexibility index (Phi) is 2.76. The zero-order valence-electron chi connectivity index (χ0n) is 9.42. The molecule has 0 fully saturated rings. The molecular formula is C13H17NO. The number of nitrogens with zero attached hydrogens (tertiary/aromatic N) is 1. The average molecular weight is 203 g/mol. The van der Waals surface area contributed by atoms with Crippen LogP contribution in [0.3, 0.4) is 0 Å². The van der Waals surface area contributed by atoms with Crippen LogP contribution in [0.15, 0.2) is 12.3 Å². The summed E-state index contributed by atoms with van der Waals surface area (Å²) in [5, 5.41) is 0. The lowest BCUT2D eigenvalue weighted by Crippen LogP contribution is -1.98. The summed E-state index contributed by atoms with van der Waals surface area (Å²) in [5.41, 5.74) is 5.02. The van der Waals surface area contributed by atoms with Gasteiger partial charge < -0.3 is 0 Å². The first-order valence-corrected chi connectivity index (χ1v) is 5.56. The number of carbonyl (C=O) groups is 1. The Bertz CT molecular complexity index is 412. The molecule has 2 rings (SSSR count). The summed E-state index contributed by atoms with van der Waals surface area (Å²) in [7, 11) is 0. The fraction of sp³-hybridized carbons (Fsp3) is 0.462. The largest absolute Gasteiger partial charge is 0.294 e. The number of hydrogen-bond acceptors (Lipinski definition) is 1. The van der Waals surface area contributed by atoms with Crippen molar-refractivity contribution in [1.82, 2.24) is 4.57 Å². The normalized spacial score (nSPS) is 16.3. The molecule has 0 saturated heterocycles. The topological polar surface area (TPSA) is 22.0 Å². The minimum atomic E-state index is 0.884. The molecule has 0 saturated carbocycles. The van der Waals surface area contributed by atoms with Crippen LogP contribution in [0.5, 0.6) is 0 Å². The Hall–Kier alpha value is -1.31. The number of carbonyl (C=O) groups excluding carboxylic acids is 1. The van der Waals surface area contributed by atoms with E-state index in [1.54, 1.807) is 4.57 Å². The third-order valence-corrected chi connectivity index (χ3v) is 3.20. The van der Waals surface area contributed by atoms with Gasteiger partial charge in [0.1, 0.15) is 0 Å². The fourth-order valence-electron chi connectivity index (χ4n) is 2.44. The molecule has 0 amide bonds. The van der Waals surface area contributed by atoms with Crippen molar-refractivity contribution in [1.29, 1.82) is 0 Å². The lowest BCUT2D eigenvalue weighted by atomic mass is 9.92. The molecule has 1 heterocycles. The molecule has 0 aromatic carbocycles. The Labute approximate surface area is 90.6 Å². The van der Waals surface area contributed by atoms with Crippen LogP contribution in [0.2, 0.25) is 0 Å². The number of allylic oxidation sites excluding steroid dienone is 2. The van der Waals surface area contributed by atoms with Gasteiger partial charge >= 0.3 is 0 Å². The maximum absolute atomic E-state index is 10.8. The van der Waals surface area contributed by atoms with Crippen molar-refractivity contribution < 1.29 is 4.79 Å². The van der Waals surface area contributed by atoms with E-state index in [0.29, 0.717) is 0 Å². The smallest absolute Gasteiger partial charge is 0.217 e. The van der Waals surface area contributed by atoms with Gasteiger partial charge in [-0.3, -0.25) is 9.36 Å². The van der Waals surface area contributed by atoms with Crippen LogP contribution in [0.25, 0.3) is 5.57 Å². The molecule has 0 aliphatic heterocycles. The lowest BCUT2D eigenvalue weighted by Gasteiger charge is -2.13. The van der Waals surface area contributed by atoms with Gasteiger partial charge in [0.05, 0.1) is 0 Å². The second-order valence-corrected chi connectivity index (χ2v) is 4.26. The second kappa shape index (κ2) is 4.05. The molecule has 2 nitrogen and oxygen atoms in total. The highest BCUT2D eigenvalue weighted by Gasteiger charge is 2.14. The Morgan fingerprint density at radius 2 is 2.13 bits per heavy atom. The van der Waals surface area contributed by atoms with Gasteiger partial charge in [-0.2, -0.15) is 0 Å². The first-order chi connectivity index (χ1) is 7.24. The van der Waals surface area contributed by atoms with Crippen molar-refractivity contribution in [3.63, 3.8) is 0 Å². The van der Waals surface area contributed by atoms with Crippen LogP contribution < -0.4 is 0 Å². The minimum Gasteiger partial charge on any atom is -0.294 e. The quantitative estimate of drug-likeness (QED) is 0.677. The average Bonchev–Trinajstić information content (AvgIpc) is 2.55. The monoisotopic (exact) mass is 203 g/mol. The molecule has 1 aromatic heterocycles. The minimum absolute atomic E-state index is 0.884. The van der Waals surface area contributed by atoms with E-state index in [1.165, 1.54) is 36.0 Å². The van der Waals surface area contributed by atoms with E-state index in [9.17, 15) is 4.79 Å². The van der Waals surface area contributed by atoms with Crippen LogP contribution in [-0.4, -0.2) is 11.0 Å². The lowest BCUT2D eigenvalue weighted by molar-refractivity contribution is 0.546. The highest BCUT2D eigenvalue weighted by molar-refractivity contribution is 5.73. The van der Waals surface area contributed by atoms with Crippen LogP contribution >= 0.6 is 0 Å². The first kappa shape index (κ1) is 10.2. The van der Waals surface area contributed by atoms with Gasteiger partial charge in [0, 0.05) is 17.5 Å². The zero-order chi connectivity index (χ0) is 10.8. The molecule has 0 atom stereocenters. The standard InChI is InChI=1S/C13H17NO/c1-10-8-14(9-15)11(2)13(10)12-6-4-3-5-7-12/h6,8-9H,3-5,7H2,1-2H3. The SMILES string of the molecule is Cc1cn(C=O)c(C)c1C1=CCCCC1. The second-order valence-electron chi connectivity index (χ2n) is 4.26. The van der Waals surface area contributed by atoms with Crippen molar-refractivity contribution >= 4 is 12.0 Å². The molecule has 1 aliphatic rings. The van der Waals surface area contributed by atoms with Crippen LogP contribution in [0.1, 0.15) is 42.5 Å². The van der Waals surface area contributed by atoms with E-state index in [-0.39, 0.29) is 0 Å². The molecule has 15 heavy (non-hydrogen) atoms. The van der Waals surface area contributed by atoms with Gasteiger partial charge in [0.15, 0.2) is 0 Å². The summed E-state index contributed by atoms with van der Waals surface area (Å²) in [6, 6.07) is 0. The van der Waals surface area contributed by atoms with E-state index in [1.807, 2.05) is 13.1 Å². The third-order valence-electron chi connectivity index (χ3n) is 3.20. The van der Waals surface area contributed by atoms with Crippen molar-refractivity contribution in [2.45, 2.75) is 39.5 Å². The molecule has 2 heteroatoms. The van der Waals surface area contributed by atoms with E-state index in [4.69, 9.17) is 0 Å². The molecule has 1 aliphatic carbocycles. The van der Waals surface area contributed by atoms with E-state index < -0.39 is 0 Å². The van der Waals surface area contributed by atoms with Crippen molar-refractivity contribution in [3.05, 3.63) is 29.1 Å². The maximum atomic E-state index is 10.8. The van der Waals surface area contributed by atoms with Crippen molar-refractivity contribution in [3.8, 4) is 0 Å². The van der Waals surface area contributed by atoms with Gasteiger partial charge in [-0.05, 0) is 50.7 Å². The Balaban J connectivity index is 2.46. The summed E-state index contributed by atoms with van der Waals surface area (Å²) in [5.74, 6) is 0. The summed E-state index contributed by atoms with van der Waals surface area (Å²) >= 11 is 0. The fourth-order valence-corrected chi connectivity index (χ4v) is 2.44. The molecule has 1 aromatic rings. The van der Waals surface area contributed by atoms with Crippen LogP contribution in [0.4, 0.5) is 0 Å². The molecule has 0 unspecified atom stereocenters. The van der Waals surface area contributed by atoms with Gasteiger partial charge in [0.25, 0.3) is 0 Å². The maximum Gasteiger partial charge on any atom is 0.217 e. The predicted molar refractivity (Wildman–Crippen MR) is 62.5 cm³/mol. The van der Waals surface area contributed by atoms with Gasteiger partial charge in [-0.1, -0.05) is 6.08 Å². The number of aromatic nitrogens is 1. The summed E-state index contributed by atoms with van der Waals surface area (Å²) in [6.45, 7) is 4.10. The van der Waals surface area contributed by atoms with Crippen LogP contribution in [0, 0.1) is 13.8 Å². The van der Waals surface area contributed by atoms with E-state index in [2.05, 4.69) is 13.0 Å². The number of rotatable bonds is 2. The van der Waals surface area contributed by atoms with Gasteiger partial charge in [0.2, 0.25) is 6.41 Å². The molecule has 0 bridgehead atoms. The summed E-state index contributed by atoms with van der Waals surface area (Å²) < 4.78 is 1.68.